The number of ether oxygens (including phenoxy) is 2. The van der Waals surface area contributed by atoms with E-state index in [4.69, 9.17) is 33.3 Å². The average Bonchev–Trinajstić information content (AvgIpc) is 3.72. The Bertz CT molecular complexity index is 1770. The second-order valence-corrected chi connectivity index (χ2v) is 12.8. The number of phosphoric acid groups is 2. The van der Waals surface area contributed by atoms with Crippen LogP contribution in [0.2, 0.25) is 0 Å². The smallest absolute Gasteiger partial charge is 0.386 e. The van der Waals surface area contributed by atoms with Crippen LogP contribution in [0, 0.1) is 0 Å². The molecule has 21 heteroatoms. The van der Waals surface area contributed by atoms with Gasteiger partial charge in [0.05, 0.1) is 36.9 Å². The topological polar surface area (TPSA) is 258 Å². The molecule has 0 spiro atoms. The second-order valence-electron chi connectivity index (χ2n) is 10.0. The summed E-state index contributed by atoms with van der Waals surface area (Å²) in [5.74, 6) is 0.0624. The summed E-state index contributed by atoms with van der Waals surface area (Å²) in [7, 11) is -9.91. The van der Waals surface area contributed by atoms with Crippen molar-refractivity contribution in [3.05, 3.63) is 43.2 Å². The lowest BCUT2D eigenvalue weighted by atomic mass is 10.1. The van der Waals surface area contributed by atoms with E-state index in [1.165, 1.54) is 28.1 Å². The predicted octanol–water partition coefficient (Wildman–Crippen LogP) is -0.00700. The summed E-state index contributed by atoms with van der Waals surface area (Å²) in [5.41, 5.74) is 7.39. The molecule has 3 aromatic heterocycles. The molecule has 3 fully saturated rings. The van der Waals surface area contributed by atoms with Gasteiger partial charge in [0.15, 0.2) is 23.9 Å². The number of aromatic nitrogens is 6. The fraction of sp³-hybridized carbons (Fsp3) is 0.455. The first-order valence-electron chi connectivity index (χ1n) is 12.8. The van der Waals surface area contributed by atoms with Gasteiger partial charge in [0.1, 0.15) is 48.5 Å². The normalized spacial score (nSPS) is 38.9. The number of rotatable bonds is 2. The molecule has 3 aliphatic heterocycles. The average molecular weight is 641 g/mol. The van der Waals surface area contributed by atoms with Gasteiger partial charge in [0.25, 0.3) is 0 Å². The Morgan fingerprint density at radius 3 is 2.05 bits per heavy atom. The van der Waals surface area contributed by atoms with E-state index in [9.17, 15) is 29.1 Å². The first-order chi connectivity index (χ1) is 20.5. The van der Waals surface area contributed by atoms with E-state index >= 15 is 0 Å². The first-order valence-corrected chi connectivity index (χ1v) is 15.8. The summed E-state index contributed by atoms with van der Waals surface area (Å²) in [6, 6.07) is 6.98. The standard InChI is InChI=1S/C22H25N7O12P2/c23-19-14-20(25-7-24-19)29(9-27-14)22-16(31)18-13(39-22)6-37-42(32,33)40-17-12(5-36-43(34,35)41-18)38-21(15(17)30)28-8-26-10-3-1-2-4-11(10)28/h1-4,7-9,12-13,15-18,21-22,30-31H,5-6H2,(H,32,33)(H,34,35)(H2,23,24,25)/t12-,13-,15?,16?,17?,18?,21-,22-/m1/s1. The van der Waals surface area contributed by atoms with E-state index in [0.29, 0.717) is 11.0 Å². The maximum absolute atomic E-state index is 13.1. The van der Waals surface area contributed by atoms with Crippen molar-refractivity contribution in [1.29, 1.82) is 0 Å². The zero-order chi connectivity index (χ0) is 30.1. The molecule has 7 rings (SSSR count). The van der Waals surface area contributed by atoms with Crippen molar-refractivity contribution < 1.29 is 56.7 Å². The molecule has 43 heavy (non-hydrogen) atoms. The van der Waals surface area contributed by atoms with Gasteiger partial charge in [-0.2, -0.15) is 0 Å². The fourth-order valence-corrected chi connectivity index (χ4v) is 7.30. The highest BCUT2D eigenvalue weighted by atomic mass is 31.2. The number of benzene rings is 1. The van der Waals surface area contributed by atoms with Crippen molar-refractivity contribution in [3.8, 4) is 0 Å². The van der Waals surface area contributed by atoms with Gasteiger partial charge in [-0.25, -0.2) is 29.1 Å². The molecule has 0 aliphatic carbocycles. The molecular formula is C22H25N7O12P2. The van der Waals surface area contributed by atoms with Crippen LogP contribution < -0.4 is 5.73 Å². The number of imidazole rings is 2. The monoisotopic (exact) mass is 641 g/mol. The molecule has 1 aromatic carbocycles. The summed E-state index contributed by atoms with van der Waals surface area (Å²) in [5, 5.41) is 22.2. The Labute approximate surface area is 240 Å². The van der Waals surface area contributed by atoms with Crippen LogP contribution in [0.25, 0.3) is 22.2 Å². The van der Waals surface area contributed by atoms with Gasteiger partial charge in [0, 0.05) is 0 Å². The third kappa shape index (κ3) is 5.16. The quantitative estimate of drug-likeness (QED) is 0.180. The molecule has 230 valence electrons. The number of para-hydroxylation sites is 2. The van der Waals surface area contributed by atoms with Crippen LogP contribution in [-0.2, 0) is 36.7 Å². The van der Waals surface area contributed by atoms with Gasteiger partial charge in [-0.3, -0.25) is 22.7 Å². The minimum atomic E-state index is -4.96. The lowest BCUT2D eigenvalue weighted by Crippen LogP contribution is -2.39. The number of aliphatic hydroxyl groups is 2. The van der Waals surface area contributed by atoms with Gasteiger partial charge >= 0.3 is 15.6 Å². The summed E-state index contributed by atoms with van der Waals surface area (Å²) in [6.07, 6.45) is -7.76. The van der Waals surface area contributed by atoms with Gasteiger partial charge < -0.3 is 39.8 Å². The van der Waals surface area contributed by atoms with Gasteiger partial charge in [-0.1, -0.05) is 12.1 Å². The highest BCUT2D eigenvalue weighted by Crippen LogP contribution is 2.53. The van der Waals surface area contributed by atoms with E-state index < -0.39 is 77.9 Å². The Morgan fingerprint density at radius 2 is 1.40 bits per heavy atom. The van der Waals surface area contributed by atoms with Crippen molar-refractivity contribution in [2.75, 3.05) is 18.9 Å². The van der Waals surface area contributed by atoms with E-state index in [0.717, 1.165) is 0 Å². The molecule has 10 atom stereocenters. The molecular weight excluding hydrogens is 616 g/mol. The van der Waals surface area contributed by atoms with Crippen LogP contribution in [0.5, 0.6) is 0 Å². The molecule has 0 amide bonds. The molecule has 4 aromatic rings. The zero-order valence-corrected chi connectivity index (χ0v) is 23.6. The van der Waals surface area contributed by atoms with Crippen LogP contribution in [0.3, 0.4) is 0 Å². The number of aliphatic hydroxyl groups excluding tert-OH is 2. The van der Waals surface area contributed by atoms with Crippen LogP contribution in [0.15, 0.2) is 43.2 Å². The van der Waals surface area contributed by atoms with Crippen LogP contribution in [0.4, 0.5) is 5.82 Å². The molecule has 19 nitrogen and oxygen atoms in total. The van der Waals surface area contributed by atoms with Gasteiger partial charge in [-0.05, 0) is 12.1 Å². The van der Waals surface area contributed by atoms with E-state index in [1.807, 2.05) is 0 Å². The minimum Gasteiger partial charge on any atom is -0.386 e. The third-order valence-corrected chi connectivity index (χ3v) is 9.32. The van der Waals surface area contributed by atoms with Crippen LogP contribution in [0.1, 0.15) is 12.5 Å². The largest absolute Gasteiger partial charge is 0.472 e. The van der Waals surface area contributed by atoms with Gasteiger partial charge in [-0.15, -0.1) is 0 Å². The zero-order valence-electron chi connectivity index (χ0n) is 21.8. The highest BCUT2D eigenvalue weighted by Gasteiger charge is 2.53. The van der Waals surface area contributed by atoms with Crippen molar-refractivity contribution in [2.24, 2.45) is 0 Å². The van der Waals surface area contributed by atoms with Crippen LogP contribution >= 0.6 is 15.6 Å². The molecule has 0 saturated carbocycles. The Balaban J connectivity index is 1.16. The molecule has 0 bridgehead atoms. The Hall–Kier alpha value is -2.90. The molecule has 6 N–H and O–H groups in total. The number of hydrogen-bond acceptors (Lipinski definition) is 15. The summed E-state index contributed by atoms with van der Waals surface area (Å²) in [6.45, 7) is -1.47. The van der Waals surface area contributed by atoms with Crippen molar-refractivity contribution >= 4 is 43.7 Å². The van der Waals surface area contributed by atoms with Gasteiger partial charge in [0.2, 0.25) is 0 Å². The van der Waals surface area contributed by atoms with Crippen LogP contribution in [-0.4, -0.2) is 98.9 Å². The first kappa shape index (κ1) is 28.8. The maximum atomic E-state index is 13.1. The predicted molar refractivity (Wildman–Crippen MR) is 141 cm³/mol. The van der Waals surface area contributed by atoms with E-state index in [1.54, 1.807) is 24.3 Å². The number of fused-ring (bicyclic) bond motifs is 4. The van der Waals surface area contributed by atoms with Crippen molar-refractivity contribution in [3.63, 3.8) is 0 Å². The summed E-state index contributed by atoms with van der Waals surface area (Å²) in [4.78, 5) is 37.5. The number of nitrogens with zero attached hydrogens (tertiary/aromatic N) is 6. The summed E-state index contributed by atoms with van der Waals surface area (Å²) >= 11 is 0. The molecule has 6 heterocycles. The van der Waals surface area contributed by atoms with Crippen molar-refractivity contribution in [1.82, 2.24) is 29.1 Å². The Kier molecular flexibility index (Phi) is 7.13. The number of nitrogen functional groups attached to an aromatic ring is 1. The third-order valence-electron chi connectivity index (χ3n) is 7.35. The maximum Gasteiger partial charge on any atom is 0.472 e. The Morgan fingerprint density at radius 1 is 0.814 bits per heavy atom. The molecule has 3 aliphatic rings. The molecule has 0 radical (unpaired) electrons. The minimum absolute atomic E-state index is 0.0624. The summed E-state index contributed by atoms with van der Waals surface area (Å²) < 4.78 is 61.6. The number of nitrogens with two attached hydrogens (primary N) is 1. The fourth-order valence-electron chi connectivity index (χ4n) is 5.37. The lowest BCUT2D eigenvalue weighted by Gasteiger charge is -2.27. The van der Waals surface area contributed by atoms with E-state index in [-0.39, 0.29) is 17.0 Å². The molecule has 3 saturated heterocycles. The SMILES string of the molecule is Nc1ncnc2c1ncn2[C@@H]1O[C@@H]2COP(=O)(O)OC3C(O)[C@H](n4cnc5ccccc54)O[C@@H]3COP(=O)(O)OC2C1O. The number of hydrogen-bond donors (Lipinski definition) is 5. The van der Waals surface area contributed by atoms with E-state index in [2.05, 4.69) is 19.9 Å². The lowest BCUT2D eigenvalue weighted by molar-refractivity contribution is -0.0663. The number of phosphoric ester groups is 2. The van der Waals surface area contributed by atoms with Crippen molar-refractivity contribution in [2.45, 2.75) is 49.1 Å². The number of anilines is 1. The highest BCUT2D eigenvalue weighted by molar-refractivity contribution is 7.47. The second kappa shape index (κ2) is 10.6. The molecule has 6 unspecified atom stereocenters.